The fourth-order valence-corrected chi connectivity index (χ4v) is 1.69. The van der Waals surface area contributed by atoms with E-state index in [2.05, 4.69) is 10.2 Å². The van der Waals surface area contributed by atoms with E-state index in [4.69, 9.17) is 16.8 Å². The molecular formula is C12H10ClN3O2. The van der Waals surface area contributed by atoms with Crippen LogP contribution in [0.15, 0.2) is 36.5 Å². The number of amides is 1. The second-order valence-electron chi connectivity index (χ2n) is 3.52. The molecular weight excluding hydrogens is 254 g/mol. The molecule has 0 unspecified atom stereocenters. The minimum Gasteiger partial charge on any atom is -0.288 e. The molecule has 0 saturated heterocycles. The highest BCUT2D eigenvalue weighted by molar-refractivity contribution is 6.32. The lowest BCUT2D eigenvalue weighted by Crippen LogP contribution is -2.14. The lowest BCUT2D eigenvalue weighted by molar-refractivity contribution is -0.124. The molecule has 0 spiro atoms. The van der Waals surface area contributed by atoms with Crippen LogP contribution in [0.4, 0.5) is 0 Å². The molecule has 1 amide bonds. The van der Waals surface area contributed by atoms with Gasteiger partial charge in [0.2, 0.25) is 0 Å². The van der Waals surface area contributed by atoms with Crippen molar-refractivity contribution in [2.45, 2.75) is 0 Å². The summed E-state index contributed by atoms with van der Waals surface area (Å²) in [5.74, 6) is -0.608. The average molecular weight is 264 g/mol. The van der Waals surface area contributed by atoms with Crippen LogP contribution in [0.1, 0.15) is 5.56 Å². The van der Waals surface area contributed by atoms with Crippen LogP contribution in [-0.2, 0) is 4.79 Å². The number of aromatic nitrogens is 2. The van der Waals surface area contributed by atoms with Gasteiger partial charge in [-0.05, 0) is 23.8 Å². The molecule has 18 heavy (non-hydrogen) atoms. The van der Waals surface area contributed by atoms with E-state index in [1.54, 1.807) is 18.3 Å². The second-order valence-corrected chi connectivity index (χ2v) is 3.92. The van der Waals surface area contributed by atoms with Crippen LogP contribution in [0.2, 0.25) is 5.02 Å². The van der Waals surface area contributed by atoms with Crippen molar-refractivity contribution < 1.29 is 10.0 Å². The van der Waals surface area contributed by atoms with Gasteiger partial charge in [-0.1, -0.05) is 23.7 Å². The average Bonchev–Trinajstić information content (AvgIpc) is 2.90. The van der Waals surface area contributed by atoms with E-state index in [1.165, 1.54) is 17.6 Å². The Kier molecular flexibility index (Phi) is 3.76. The molecule has 1 aromatic carbocycles. The van der Waals surface area contributed by atoms with E-state index in [0.717, 1.165) is 11.3 Å². The molecule has 0 saturated carbocycles. The van der Waals surface area contributed by atoms with Crippen LogP contribution >= 0.6 is 11.6 Å². The molecule has 0 fully saturated rings. The third-order valence-electron chi connectivity index (χ3n) is 2.34. The number of aromatic amines is 1. The van der Waals surface area contributed by atoms with Gasteiger partial charge < -0.3 is 0 Å². The predicted octanol–water partition coefficient (Wildman–Crippen LogP) is 2.25. The van der Waals surface area contributed by atoms with Gasteiger partial charge in [0.1, 0.15) is 0 Å². The Labute approximate surface area is 108 Å². The quantitative estimate of drug-likeness (QED) is 0.451. The molecule has 2 rings (SSSR count). The minimum absolute atomic E-state index is 0.504. The number of rotatable bonds is 3. The number of carbonyl (C=O) groups is 1. The molecule has 0 aliphatic heterocycles. The van der Waals surface area contributed by atoms with Gasteiger partial charge in [-0.3, -0.25) is 15.1 Å². The van der Waals surface area contributed by atoms with Crippen molar-refractivity contribution in [3.63, 3.8) is 0 Å². The normalized spacial score (nSPS) is 10.8. The summed E-state index contributed by atoms with van der Waals surface area (Å²) in [4.78, 5) is 10.8. The second kappa shape index (κ2) is 5.48. The van der Waals surface area contributed by atoms with Crippen molar-refractivity contribution in [1.82, 2.24) is 15.7 Å². The molecule has 0 radical (unpaired) electrons. The van der Waals surface area contributed by atoms with Gasteiger partial charge in [0.15, 0.2) is 0 Å². The lowest BCUT2D eigenvalue weighted by atomic mass is 10.1. The number of nitrogens with zero attached hydrogens (tertiary/aromatic N) is 1. The van der Waals surface area contributed by atoms with Crippen molar-refractivity contribution >= 4 is 23.6 Å². The number of hydrogen-bond acceptors (Lipinski definition) is 3. The molecule has 1 aromatic heterocycles. The Bertz CT molecular complexity index is 579. The highest BCUT2D eigenvalue weighted by Crippen LogP contribution is 2.24. The van der Waals surface area contributed by atoms with Crippen LogP contribution in [0.5, 0.6) is 0 Å². The molecule has 0 bridgehead atoms. The number of carbonyl (C=O) groups excluding carboxylic acids is 1. The Hall–Kier alpha value is -2.11. The van der Waals surface area contributed by atoms with Crippen LogP contribution < -0.4 is 5.48 Å². The minimum atomic E-state index is -0.608. The van der Waals surface area contributed by atoms with Gasteiger partial charge in [0, 0.05) is 22.9 Å². The van der Waals surface area contributed by atoms with Gasteiger partial charge in [0.05, 0.1) is 5.69 Å². The van der Waals surface area contributed by atoms with Crippen molar-refractivity contribution in [2.24, 2.45) is 0 Å². The summed E-state index contributed by atoms with van der Waals surface area (Å²) >= 11 is 6.09. The Morgan fingerprint density at radius 1 is 1.44 bits per heavy atom. The summed E-state index contributed by atoms with van der Waals surface area (Å²) in [7, 11) is 0. The first-order valence-corrected chi connectivity index (χ1v) is 5.50. The number of H-pyrrole nitrogens is 1. The zero-order chi connectivity index (χ0) is 13.0. The monoisotopic (exact) mass is 263 g/mol. The van der Waals surface area contributed by atoms with E-state index >= 15 is 0 Å². The van der Waals surface area contributed by atoms with E-state index in [9.17, 15) is 4.79 Å². The maximum absolute atomic E-state index is 10.8. The summed E-state index contributed by atoms with van der Waals surface area (Å²) < 4.78 is 0. The van der Waals surface area contributed by atoms with Crippen LogP contribution in [0, 0.1) is 0 Å². The van der Waals surface area contributed by atoms with Crippen molar-refractivity contribution in [2.75, 3.05) is 0 Å². The Morgan fingerprint density at radius 3 is 2.89 bits per heavy atom. The first-order valence-electron chi connectivity index (χ1n) is 5.12. The SMILES string of the molecule is O=C(C=Cc1ccc(-c2ccn[nH]2)cc1Cl)NO. The van der Waals surface area contributed by atoms with Gasteiger partial charge in [-0.25, -0.2) is 5.48 Å². The van der Waals surface area contributed by atoms with Gasteiger partial charge in [-0.2, -0.15) is 5.10 Å². The van der Waals surface area contributed by atoms with Crippen molar-refractivity contribution in [1.29, 1.82) is 0 Å². The van der Waals surface area contributed by atoms with E-state index < -0.39 is 5.91 Å². The molecule has 0 atom stereocenters. The molecule has 92 valence electrons. The molecule has 1 heterocycles. The third-order valence-corrected chi connectivity index (χ3v) is 2.66. The number of hydrogen-bond donors (Lipinski definition) is 3. The van der Waals surface area contributed by atoms with Crippen LogP contribution in [-0.4, -0.2) is 21.3 Å². The van der Waals surface area contributed by atoms with Gasteiger partial charge in [0.25, 0.3) is 5.91 Å². The van der Waals surface area contributed by atoms with E-state index in [1.807, 2.05) is 12.1 Å². The first-order chi connectivity index (χ1) is 8.70. The number of hydroxylamine groups is 1. The number of nitrogens with one attached hydrogen (secondary N) is 2. The summed E-state index contributed by atoms with van der Waals surface area (Å²) in [5, 5.41) is 15.6. The molecule has 0 aliphatic rings. The third kappa shape index (κ3) is 2.77. The van der Waals surface area contributed by atoms with Crippen molar-refractivity contribution in [3.05, 3.63) is 47.1 Å². The summed E-state index contributed by atoms with van der Waals surface area (Å²) in [5.41, 5.74) is 3.96. The molecule has 6 heteroatoms. The first kappa shape index (κ1) is 12.3. The maximum Gasteiger partial charge on any atom is 0.267 e. The number of halogens is 1. The summed E-state index contributed by atoms with van der Waals surface area (Å²) in [6, 6.07) is 7.24. The smallest absolute Gasteiger partial charge is 0.267 e. The Balaban J connectivity index is 2.26. The zero-order valence-corrected chi connectivity index (χ0v) is 9.98. The van der Waals surface area contributed by atoms with Crippen LogP contribution in [0.25, 0.3) is 17.3 Å². The van der Waals surface area contributed by atoms with Crippen molar-refractivity contribution in [3.8, 4) is 11.3 Å². The lowest BCUT2D eigenvalue weighted by Gasteiger charge is -2.02. The largest absolute Gasteiger partial charge is 0.288 e. The number of benzene rings is 1. The fourth-order valence-electron chi connectivity index (χ4n) is 1.45. The highest BCUT2D eigenvalue weighted by Gasteiger charge is 2.03. The summed E-state index contributed by atoms with van der Waals surface area (Å²) in [6.45, 7) is 0. The fraction of sp³-hybridized carbons (Fsp3) is 0. The predicted molar refractivity (Wildman–Crippen MR) is 68.0 cm³/mol. The van der Waals surface area contributed by atoms with E-state index in [0.29, 0.717) is 10.6 Å². The van der Waals surface area contributed by atoms with Gasteiger partial charge in [-0.15, -0.1) is 0 Å². The molecule has 0 aliphatic carbocycles. The molecule has 2 aromatic rings. The highest BCUT2D eigenvalue weighted by atomic mass is 35.5. The van der Waals surface area contributed by atoms with Crippen LogP contribution in [0.3, 0.4) is 0 Å². The summed E-state index contributed by atoms with van der Waals surface area (Å²) in [6.07, 6.45) is 4.37. The topological polar surface area (TPSA) is 78.0 Å². The zero-order valence-electron chi connectivity index (χ0n) is 9.22. The Morgan fingerprint density at radius 2 is 2.28 bits per heavy atom. The molecule has 3 N–H and O–H groups in total. The standard InChI is InChI=1S/C12H10ClN3O2/c13-10-7-9(11-5-6-14-15-11)2-1-8(10)3-4-12(17)16-18/h1-7,18H,(H,14,15)(H,16,17). The van der Waals surface area contributed by atoms with E-state index in [-0.39, 0.29) is 0 Å². The maximum atomic E-state index is 10.8. The molecule has 5 nitrogen and oxygen atoms in total. The van der Waals surface area contributed by atoms with Gasteiger partial charge >= 0.3 is 0 Å².